The first-order valence-electron chi connectivity index (χ1n) is 13.7. The number of amides is 1. The van der Waals surface area contributed by atoms with Gasteiger partial charge in [0.25, 0.3) is 0 Å². The lowest BCUT2D eigenvalue weighted by Crippen LogP contribution is -2.44. The molecule has 33 heavy (non-hydrogen) atoms. The standard InChI is InChI=1S/C29H53NO3/c1-3-5-6-7-8-9-10-11-12-13-14-15-16-17-18-19-20-21-22-23-24-25-28(32)27(26-31)30-29(33)4-2/h16-17,20-21,24-25,27-28,31-32H,3-15,18-19,22-23,26H2,1-2H3,(H,30,33)/b17-16+,21-20+,25-24+. The van der Waals surface area contributed by atoms with Gasteiger partial charge in [-0.15, -0.1) is 0 Å². The highest BCUT2D eigenvalue weighted by Crippen LogP contribution is 2.12. The maximum absolute atomic E-state index is 11.4. The highest BCUT2D eigenvalue weighted by atomic mass is 16.3. The summed E-state index contributed by atoms with van der Waals surface area (Å²) in [7, 11) is 0. The fraction of sp³-hybridized carbons (Fsp3) is 0.759. The Labute approximate surface area is 204 Å². The van der Waals surface area contributed by atoms with E-state index in [-0.39, 0.29) is 12.5 Å². The summed E-state index contributed by atoms with van der Waals surface area (Å²) in [5.74, 6) is -0.169. The van der Waals surface area contributed by atoms with Crippen LogP contribution in [0.4, 0.5) is 0 Å². The van der Waals surface area contributed by atoms with Gasteiger partial charge >= 0.3 is 0 Å². The SMILES string of the molecule is CCCCCCCCCCCCC/C=C/CC/C=C/CC/C=C/C(O)C(CO)NC(=O)CC. The summed E-state index contributed by atoms with van der Waals surface area (Å²) < 4.78 is 0. The molecule has 192 valence electrons. The third-order valence-corrected chi connectivity index (χ3v) is 5.92. The zero-order valence-electron chi connectivity index (χ0n) is 21.6. The van der Waals surface area contributed by atoms with Crippen molar-refractivity contribution < 1.29 is 15.0 Å². The largest absolute Gasteiger partial charge is 0.394 e. The zero-order chi connectivity index (χ0) is 24.4. The third kappa shape index (κ3) is 22.2. The lowest BCUT2D eigenvalue weighted by molar-refractivity contribution is -0.122. The van der Waals surface area contributed by atoms with E-state index >= 15 is 0 Å². The smallest absolute Gasteiger partial charge is 0.220 e. The normalized spacial score (nSPS) is 13.9. The maximum Gasteiger partial charge on any atom is 0.220 e. The highest BCUT2D eigenvalue weighted by Gasteiger charge is 2.16. The molecule has 0 aliphatic rings. The molecule has 0 aliphatic heterocycles. The van der Waals surface area contributed by atoms with Gasteiger partial charge in [0.05, 0.1) is 18.8 Å². The average molecular weight is 464 g/mol. The molecule has 0 aromatic carbocycles. The van der Waals surface area contributed by atoms with Crippen molar-refractivity contribution in [3.63, 3.8) is 0 Å². The van der Waals surface area contributed by atoms with Gasteiger partial charge in [0.1, 0.15) is 0 Å². The van der Waals surface area contributed by atoms with Gasteiger partial charge in [-0.05, 0) is 38.5 Å². The fourth-order valence-corrected chi connectivity index (χ4v) is 3.70. The molecule has 3 N–H and O–H groups in total. The van der Waals surface area contributed by atoms with Crippen molar-refractivity contribution in [3.8, 4) is 0 Å². The Morgan fingerprint density at radius 3 is 1.64 bits per heavy atom. The number of hydrogen-bond acceptors (Lipinski definition) is 3. The van der Waals surface area contributed by atoms with Gasteiger partial charge in [0.15, 0.2) is 0 Å². The number of hydrogen-bond donors (Lipinski definition) is 3. The van der Waals surface area contributed by atoms with Crippen LogP contribution < -0.4 is 5.32 Å². The van der Waals surface area contributed by atoms with Crippen LogP contribution >= 0.6 is 0 Å². The topological polar surface area (TPSA) is 69.6 Å². The Morgan fingerprint density at radius 2 is 1.15 bits per heavy atom. The van der Waals surface area contributed by atoms with Crippen LogP contribution in [0.25, 0.3) is 0 Å². The fourth-order valence-electron chi connectivity index (χ4n) is 3.70. The predicted octanol–water partition coefficient (Wildman–Crippen LogP) is 7.16. The van der Waals surface area contributed by atoms with Gasteiger partial charge in [-0.1, -0.05) is 115 Å². The quantitative estimate of drug-likeness (QED) is 0.111. The number of aliphatic hydroxyl groups is 2. The third-order valence-electron chi connectivity index (χ3n) is 5.92. The Hall–Kier alpha value is -1.39. The summed E-state index contributed by atoms with van der Waals surface area (Å²) in [6, 6.07) is -0.638. The molecule has 0 aromatic heterocycles. The molecule has 0 fully saturated rings. The van der Waals surface area contributed by atoms with Crippen molar-refractivity contribution >= 4 is 5.91 Å². The van der Waals surface area contributed by atoms with Crippen LogP contribution in [0, 0.1) is 0 Å². The van der Waals surface area contributed by atoms with Crippen LogP contribution in [0.2, 0.25) is 0 Å². The molecule has 0 heterocycles. The zero-order valence-corrected chi connectivity index (χ0v) is 21.6. The van der Waals surface area contributed by atoms with E-state index in [1.54, 1.807) is 13.0 Å². The van der Waals surface area contributed by atoms with E-state index < -0.39 is 12.1 Å². The molecule has 4 heteroatoms. The van der Waals surface area contributed by atoms with Crippen molar-refractivity contribution in [2.75, 3.05) is 6.61 Å². The molecule has 0 radical (unpaired) electrons. The molecule has 0 aliphatic carbocycles. The Balaban J connectivity index is 3.53. The molecule has 0 saturated heterocycles. The molecular formula is C29H53NO3. The predicted molar refractivity (Wildman–Crippen MR) is 142 cm³/mol. The number of allylic oxidation sites excluding steroid dienone is 5. The van der Waals surface area contributed by atoms with Gasteiger partial charge in [-0.3, -0.25) is 4.79 Å². The summed E-state index contributed by atoms with van der Waals surface area (Å²) in [6.07, 6.45) is 32.6. The molecular weight excluding hydrogens is 410 g/mol. The van der Waals surface area contributed by atoms with Crippen molar-refractivity contribution in [2.24, 2.45) is 0 Å². The number of unbranched alkanes of at least 4 members (excludes halogenated alkanes) is 13. The second-order valence-corrected chi connectivity index (χ2v) is 9.05. The van der Waals surface area contributed by atoms with Gasteiger partial charge in [0, 0.05) is 6.42 Å². The molecule has 0 bridgehead atoms. The minimum absolute atomic E-state index is 0.169. The van der Waals surface area contributed by atoms with E-state index in [4.69, 9.17) is 0 Å². The molecule has 0 aromatic rings. The lowest BCUT2D eigenvalue weighted by Gasteiger charge is -2.19. The van der Waals surface area contributed by atoms with E-state index in [1.165, 1.54) is 77.0 Å². The monoisotopic (exact) mass is 463 g/mol. The molecule has 0 spiro atoms. The van der Waals surface area contributed by atoms with Crippen LogP contribution in [0.5, 0.6) is 0 Å². The number of nitrogens with one attached hydrogen (secondary N) is 1. The van der Waals surface area contributed by atoms with Crippen LogP contribution in [-0.2, 0) is 4.79 Å². The van der Waals surface area contributed by atoms with Gasteiger partial charge < -0.3 is 15.5 Å². The van der Waals surface area contributed by atoms with E-state index in [1.807, 2.05) is 6.08 Å². The minimum atomic E-state index is -0.861. The molecule has 1 amide bonds. The van der Waals surface area contributed by atoms with Crippen molar-refractivity contribution in [1.82, 2.24) is 5.32 Å². The van der Waals surface area contributed by atoms with Crippen molar-refractivity contribution in [3.05, 3.63) is 36.5 Å². The molecule has 0 rings (SSSR count). The van der Waals surface area contributed by atoms with Crippen LogP contribution in [0.3, 0.4) is 0 Å². The van der Waals surface area contributed by atoms with Crippen molar-refractivity contribution in [2.45, 2.75) is 135 Å². The Kier molecular flexibility index (Phi) is 24.2. The molecule has 4 nitrogen and oxygen atoms in total. The first-order chi connectivity index (χ1) is 16.2. The second kappa shape index (κ2) is 25.2. The summed E-state index contributed by atoms with van der Waals surface area (Å²) in [6.45, 7) is 3.75. The van der Waals surface area contributed by atoms with Crippen LogP contribution in [-0.4, -0.2) is 34.9 Å². The Bertz CT molecular complexity index is 513. The minimum Gasteiger partial charge on any atom is -0.394 e. The first kappa shape index (κ1) is 31.6. The highest BCUT2D eigenvalue weighted by molar-refractivity contribution is 5.75. The number of rotatable bonds is 23. The van der Waals surface area contributed by atoms with E-state index in [9.17, 15) is 15.0 Å². The second-order valence-electron chi connectivity index (χ2n) is 9.05. The summed E-state index contributed by atoms with van der Waals surface area (Å²) >= 11 is 0. The van der Waals surface area contributed by atoms with Gasteiger partial charge in [0.2, 0.25) is 5.91 Å². The summed E-state index contributed by atoms with van der Waals surface area (Å²) in [4.78, 5) is 11.4. The van der Waals surface area contributed by atoms with Crippen LogP contribution in [0.1, 0.15) is 123 Å². The number of aliphatic hydroxyl groups excluding tert-OH is 2. The van der Waals surface area contributed by atoms with Gasteiger partial charge in [-0.25, -0.2) is 0 Å². The van der Waals surface area contributed by atoms with E-state index in [0.717, 1.165) is 25.7 Å². The summed E-state index contributed by atoms with van der Waals surface area (Å²) in [5.41, 5.74) is 0. The molecule has 0 saturated carbocycles. The van der Waals surface area contributed by atoms with Gasteiger partial charge in [-0.2, -0.15) is 0 Å². The Morgan fingerprint density at radius 1 is 0.697 bits per heavy atom. The van der Waals surface area contributed by atoms with E-state index in [0.29, 0.717) is 6.42 Å². The van der Waals surface area contributed by atoms with Crippen LogP contribution in [0.15, 0.2) is 36.5 Å². The lowest BCUT2D eigenvalue weighted by atomic mass is 10.1. The van der Waals surface area contributed by atoms with E-state index in [2.05, 4.69) is 36.5 Å². The first-order valence-corrected chi connectivity index (χ1v) is 13.7. The van der Waals surface area contributed by atoms with Crippen molar-refractivity contribution in [1.29, 1.82) is 0 Å². The molecule has 2 atom stereocenters. The maximum atomic E-state index is 11.4. The average Bonchev–Trinajstić information content (AvgIpc) is 2.83. The summed E-state index contributed by atoms with van der Waals surface area (Å²) in [5, 5.41) is 21.9. The number of carbonyl (C=O) groups is 1. The molecule has 2 unspecified atom stereocenters. The number of carbonyl (C=O) groups excluding carboxylic acids is 1.